The van der Waals surface area contributed by atoms with E-state index >= 15 is 0 Å². The minimum Gasteiger partial charge on any atom is -0.329 e. The third-order valence-corrected chi connectivity index (χ3v) is 6.11. The van der Waals surface area contributed by atoms with Crippen LogP contribution in [0.25, 0.3) is 0 Å². The molecule has 19 heavy (non-hydrogen) atoms. The van der Waals surface area contributed by atoms with Crippen LogP contribution in [0.3, 0.4) is 0 Å². The molecular weight excluding hydrogens is 232 g/mol. The van der Waals surface area contributed by atoms with E-state index in [2.05, 4.69) is 25.8 Å². The summed E-state index contributed by atoms with van der Waals surface area (Å²) < 4.78 is 0. The van der Waals surface area contributed by atoms with Crippen molar-refractivity contribution in [3.05, 3.63) is 0 Å². The summed E-state index contributed by atoms with van der Waals surface area (Å²) in [6.45, 7) is 6.94. The minimum absolute atomic E-state index is 0.282. The van der Waals surface area contributed by atoms with Gasteiger partial charge in [-0.15, -0.1) is 0 Å². The van der Waals surface area contributed by atoms with Crippen molar-refractivity contribution in [2.75, 3.05) is 20.1 Å². The van der Waals surface area contributed by atoms with Crippen molar-refractivity contribution in [3.63, 3.8) is 0 Å². The van der Waals surface area contributed by atoms with Crippen LogP contribution in [-0.4, -0.2) is 30.6 Å². The van der Waals surface area contributed by atoms with E-state index in [1.165, 1.54) is 57.9 Å². The second-order valence-electron chi connectivity index (χ2n) is 7.47. The molecular formula is C17H34N2. The standard InChI is InChI=1S/C17H34N2/c1-14-9-10-17(13-18,15(2)11-14)19(3)12-16-7-5-4-6-8-16/h14-16H,4-13,18H2,1-3H3. The second kappa shape index (κ2) is 6.58. The topological polar surface area (TPSA) is 29.3 Å². The van der Waals surface area contributed by atoms with E-state index in [0.29, 0.717) is 0 Å². The summed E-state index contributed by atoms with van der Waals surface area (Å²) in [5.74, 6) is 2.56. The first kappa shape index (κ1) is 15.3. The lowest BCUT2D eigenvalue weighted by atomic mass is 9.68. The molecule has 0 heterocycles. The Labute approximate surface area is 120 Å². The van der Waals surface area contributed by atoms with Gasteiger partial charge in [-0.25, -0.2) is 0 Å². The summed E-state index contributed by atoms with van der Waals surface area (Å²) in [4.78, 5) is 2.65. The monoisotopic (exact) mass is 266 g/mol. The molecule has 2 N–H and O–H groups in total. The fourth-order valence-electron chi connectivity index (χ4n) is 4.65. The summed E-state index contributed by atoms with van der Waals surface area (Å²) in [7, 11) is 2.34. The third kappa shape index (κ3) is 3.33. The summed E-state index contributed by atoms with van der Waals surface area (Å²) in [5, 5.41) is 0. The van der Waals surface area contributed by atoms with Gasteiger partial charge in [-0.05, 0) is 56.9 Å². The van der Waals surface area contributed by atoms with Crippen LogP contribution in [0.2, 0.25) is 0 Å². The smallest absolute Gasteiger partial charge is 0.0354 e. The van der Waals surface area contributed by atoms with Crippen molar-refractivity contribution in [2.45, 2.75) is 70.8 Å². The number of nitrogens with zero attached hydrogens (tertiary/aromatic N) is 1. The molecule has 0 spiro atoms. The summed E-state index contributed by atoms with van der Waals surface area (Å²) in [6.07, 6.45) is 11.2. The summed E-state index contributed by atoms with van der Waals surface area (Å²) in [5.41, 5.74) is 6.52. The van der Waals surface area contributed by atoms with Crippen LogP contribution < -0.4 is 5.73 Å². The number of rotatable bonds is 4. The van der Waals surface area contributed by atoms with Gasteiger partial charge in [0.25, 0.3) is 0 Å². The van der Waals surface area contributed by atoms with Crippen molar-refractivity contribution in [3.8, 4) is 0 Å². The number of likely N-dealkylation sites (N-methyl/N-ethyl adjacent to an activating group) is 1. The molecule has 0 aliphatic heterocycles. The highest BCUT2D eigenvalue weighted by molar-refractivity contribution is 4.99. The highest BCUT2D eigenvalue weighted by Crippen LogP contribution is 2.40. The van der Waals surface area contributed by atoms with Gasteiger partial charge in [-0.2, -0.15) is 0 Å². The Kier molecular flexibility index (Phi) is 5.30. The molecule has 112 valence electrons. The Hall–Kier alpha value is -0.0800. The highest BCUT2D eigenvalue weighted by atomic mass is 15.2. The van der Waals surface area contributed by atoms with Gasteiger partial charge in [0, 0.05) is 18.6 Å². The second-order valence-corrected chi connectivity index (χ2v) is 7.47. The van der Waals surface area contributed by atoms with Crippen molar-refractivity contribution < 1.29 is 0 Å². The van der Waals surface area contributed by atoms with E-state index in [0.717, 1.165) is 24.3 Å². The van der Waals surface area contributed by atoms with E-state index < -0.39 is 0 Å². The van der Waals surface area contributed by atoms with Gasteiger partial charge in [0.1, 0.15) is 0 Å². The lowest BCUT2D eigenvalue weighted by Crippen LogP contribution is -2.59. The quantitative estimate of drug-likeness (QED) is 0.841. The van der Waals surface area contributed by atoms with Gasteiger partial charge in [0.05, 0.1) is 0 Å². The van der Waals surface area contributed by atoms with Crippen LogP contribution in [0.5, 0.6) is 0 Å². The van der Waals surface area contributed by atoms with Crippen LogP contribution in [0.15, 0.2) is 0 Å². The molecule has 0 aromatic rings. The van der Waals surface area contributed by atoms with Gasteiger partial charge in [-0.1, -0.05) is 33.1 Å². The molecule has 0 saturated heterocycles. The normalized spacial score (nSPS) is 37.7. The summed E-state index contributed by atoms with van der Waals surface area (Å²) in [6, 6.07) is 0. The maximum Gasteiger partial charge on any atom is 0.0354 e. The average molecular weight is 266 g/mol. The fraction of sp³-hybridized carbons (Fsp3) is 1.00. The Bertz CT molecular complexity index is 272. The number of hydrogen-bond donors (Lipinski definition) is 1. The van der Waals surface area contributed by atoms with Crippen LogP contribution in [0, 0.1) is 17.8 Å². The molecule has 0 radical (unpaired) electrons. The number of hydrogen-bond acceptors (Lipinski definition) is 2. The molecule has 0 aromatic carbocycles. The van der Waals surface area contributed by atoms with E-state index in [9.17, 15) is 0 Å². The van der Waals surface area contributed by atoms with Crippen LogP contribution in [-0.2, 0) is 0 Å². The molecule has 2 aliphatic carbocycles. The third-order valence-electron chi connectivity index (χ3n) is 6.11. The van der Waals surface area contributed by atoms with Gasteiger partial charge in [0.15, 0.2) is 0 Å². The lowest BCUT2D eigenvalue weighted by molar-refractivity contribution is 0.00524. The molecule has 3 unspecified atom stereocenters. The molecule has 2 fully saturated rings. The van der Waals surface area contributed by atoms with Gasteiger partial charge in [-0.3, -0.25) is 4.90 Å². The number of nitrogens with two attached hydrogens (primary N) is 1. The van der Waals surface area contributed by atoms with Crippen molar-refractivity contribution in [1.82, 2.24) is 4.90 Å². The Morgan fingerprint density at radius 2 is 1.79 bits per heavy atom. The predicted molar refractivity (Wildman–Crippen MR) is 83.2 cm³/mol. The maximum atomic E-state index is 6.24. The molecule has 0 bridgehead atoms. The fourth-order valence-corrected chi connectivity index (χ4v) is 4.65. The van der Waals surface area contributed by atoms with E-state index in [4.69, 9.17) is 5.73 Å². The first-order chi connectivity index (χ1) is 9.08. The maximum absolute atomic E-state index is 6.24. The van der Waals surface area contributed by atoms with Crippen molar-refractivity contribution in [2.24, 2.45) is 23.5 Å². The van der Waals surface area contributed by atoms with Crippen LogP contribution >= 0.6 is 0 Å². The molecule has 2 rings (SSSR count). The molecule has 2 aliphatic rings. The molecule has 2 nitrogen and oxygen atoms in total. The zero-order valence-electron chi connectivity index (χ0n) is 13.3. The Morgan fingerprint density at radius 1 is 1.11 bits per heavy atom. The Balaban J connectivity index is 1.98. The van der Waals surface area contributed by atoms with E-state index in [-0.39, 0.29) is 5.54 Å². The largest absolute Gasteiger partial charge is 0.329 e. The minimum atomic E-state index is 0.282. The van der Waals surface area contributed by atoms with Gasteiger partial charge < -0.3 is 5.73 Å². The average Bonchev–Trinajstić information content (AvgIpc) is 2.40. The van der Waals surface area contributed by atoms with E-state index in [1.54, 1.807) is 0 Å². The van der Waals surface area contributed by atoms with Gasteiger partial charge in [0.2, 0.25) is 0 Å². The van der Waals surface area contributed by atoms with E-state index in [1.807, 2.05) is 0 Å². The lowest BCUT2D eigenvalue weighted by Gasteiger charge is -2.51. The zero-order chi connectivity index (χ0) is 13.9. The van der Waals surface area contributed by atoms with Gasteiger partial charge >= 0.3 is 0 Å². The van der Waals surface area contributed by atoms with Crippen LogP contribution in [0.4, 0.5) is 0 Å². The SMILES string of the molecule is CC1CCC(CN)(N(C)CC2CCCCC2)C(C)C1. The molecule has 3 atom stereocenters. The first-order valence-electron chi connectivity index (χ1n) is 8.50. The molecule has 2 saturated carbocycles. The van der Waals surface area contributed by atoms with Crippen LogP contribution in [0.1, 0.15) is 65.2 Å². The predicted octanol–water partition coefficient (Wildman–Crippen LogP) is 3.65. The first-order valence-corrected chi connectivity index (χ1v) is 8.50. The highest BCUT2D eigenvalue weighted by Gasteiger charge is 2.42. The Morgan fingerprint density at radius 3 is 2.37 bits per heavy atom. The molecule has 2 heteroatoms. The van der Waals surface area contributed by atoms with Crippen molar-refractivity contribution >= 4 is 0 Å². The zero-order valence-corrected chi connectivity index (χ0v) is 13.3. The summed E-state index contributed by atoms with van der Waals surface area (Å²) >= 11 is 0. The van der Waals surface area contributed by atoms with Crippen molar-refractivity contribution in [1.29, 1.82) is 0 Å². The molecule has 0 aromatic heterocycles. The molecule has 0 amide bonds.